The van der Waals surface area contributed by atoms with Crippen LogP contribution in [0.1, 0.15) is 29.3 Å². The van der Waals surface area contributed by atoms with Gasteiger partial charge in [0.15, 0.2) is 11.0 Å². The minimum absolute atomic E-state index is 0.129. The number of amides is 1. The van der Waals surface area contributed by atoms with Gasteiger partial charge in [0.05, 0.1) is 17.7 Å². The van der Waals surface area contributed by atoms with Crippen molar-refractivity contribution in [1.29, 1.82) is 0 Å². The summed E-state index contributed by atoms with van der Waals surface area (Å²) in [4.78, 5) is 13.3. The van der Waals surface area contributed by atoms with E-state index < -0.39 is 0 Å². The van der Waals surface area contributed by atoms with E-state index in [-0.39, 0.29) is 17.7 Å². The summed E-state index contributed by atoms with van der Waals surface area (Å²) in [5.74, 6) is 1.52. The van der Waals surface area contributed by atoms with Gasteiger partial charge < -0.3 is 8.98 Å². The first-order valence-electron chi connectivity index (χ1n) is 10.8. The third-order valence-corrected chi connectivity index (χ3v) is 7.02. The van der Waals surface area contributed by atoms with E-state index in [9.17, 15) is 4.79 Å². The number of aryl methyl sites for hydroxylation is 1. The molecular formula is C25H22ClN5O2S. The van der Waals surface area contributed by atoms with Crippen LogP contribution in [0, 0.1) is 6.92 Å². The molecule has 1 atom stereocenters. The van der Waals surface area contributed by atoms with E-state index >= 15 is 0 Å². The maximum Gasteiger partial charge on any atom is 0.253 e. The number of hydrogen-bond acceptors (Lipinski definition) is 6. The zero-order chi connectivity index (χ0) is 23.7. The number of thioether (sulfide) groups is 1. The Labute approximate surface area is 206 Å². The van der Waals surface area contributed by atoms with Gasteiger partial charge in [-0.25, -0.2) is 5.01 Å². The molecular weight excluding hydrogens is 470 g/mol. The van der Waals surface area contributed by atoms with Crippen LogP contribution in [0.4, 0.5) is 0 Å². The highest BCUT2D eigenvalue weighted by Gasteiger charge is 2.35. The molecule has 0 N–H and O–H groups in total. The fourth-order valence-electron chi connectivity index (χ4n) is 3.95. The average Bonchev–Trinajstić information content (AvgIpc) is 3.59. The molecule has 1 aliphatic heterocycles. The predicted octanol–water partition coefficient (Wildman–Crippen LogP) is 5.51. The zero-order valence-corrected chi connectivity index (χ0v) is 20.3. The van der Waals surface area contributed by atoms with E-state index in [2.05, 4.69) is 15.3 Å². The number of carbonyl (C=O) groups is 1. The highest BCUT2D eigenvalue weighted by Crippen LogP contribution is 2.34. The van der Waals surface area contributed by atoms with E-state index in [4.69, 9.17) is 16.0 Å². The molecule has 5 rings (SSSR count). The second kappa shape index (κ2) is 9.48. The van der Waals surface area contributed by atoms with Gasteiger partial charge >= 0.3 is 0 Å². The lowest BCUT2D eigenvalue weighted by molar-refractivity contribution is -0.130. The zero-order valence-electron chi connectivity index (χ0n) is 18.7. The van der Waals surface area contributed by atoms with E-state index in [1.54, 1.807) is 6.26 Å². The molecule has 4 aromatic rings. The van der Waals surface area contributed by atoms with Crippen molar-refractivity contribution in [3.8, 4) is 11.4 Å². The van der Waals surface area contributed by atoms with Gasteiger partial charge in [0.25, 0.3) is 5.91 Å². The van der Waals surface area contributed by atoms with Crippen LogP contribution in [-0.4, -0.2) is 37.1 Å². The molecule has 9 heteroatoms. The molecule has 0 bridgehead atoms. The third-order valence-electron chi connectivity index (χ3n) is 5.76. The normalized spacial score (nSPS) is 15.6. The number of rotatable bonds is 6. The molecule has 0 radical (unpaired) electrons. The maximum atomic E-state index is 13.3. The predicted molar refractivity (Wildman–Crippen MR) is 133 cm³/mol. The van der Waals surface area contributed by atoms with Gasteiger partial charge in [-0.05, 0) is 42.3 Å². The molecule has 0 unspecified atom stereocenters. The van der Waals surface area contributed by atoms with E-state index in [0.717, 1.165) is 28.2 Å². The van der Waals surface area contributed by atoms with Crippen LogP contribution in [0.25, 0.3) is 11.4 Å². The lowest BCUT2D eigenvalue weighted by atomic mass is 10.0. The number of nitrogens with zero attached hydrogens (tertiary/aromatic N) is 5. The van der Waals surface area contributed by atoms with Crippen LogP contribution >= 0.6 is 23.4 Å². The standard InChI is InChI=1S/C25H22ClN5O2S/c1-16-6-3-4-7-19(16)24-27-28-25(30(24)2)34-15-23(32)31-21(22-8-5-13-33-22)14-20(29-31)17-9-11-18(26)12-10-17/h3-13,21H,14-15H2,1-2H3/t21-/m0/s1. The second-order valence-electron chi connectivity index (χ2n) is 8.00. The van der Waals surface area contributed by atoms with Gasteiger partial charge in [0, 0.05) is 24.1 Å². The van der Waals surface area contributed by atoms with Crippen LogP contribution in [-0.2, 0) is 11.8 Å². The minimum Gasteiger partial charge on any atom is -0.467 e. The Kier molecular flexibility index (Phi) is 6.26. The molecule has 1 amide bonds. The first kappa shape index (κ1) is 22.4. The van der Waals surface area contributed by atoms with Gasteiger partial charge in [-0.1, -0.05) is 59.8 Å². The SMILES string of the molecule is Cc1ccccc1-c1nnc(SCC(=O)N2N=C(c3ccc(Cl)cc3)C[C@H]2c2ccco2)n1C. The monoisotopic (exact) mass is 491 g/mol. The quantitative estimate of drug-likeness (QED) is 0.332. The van der Waals surface area contributed by atoms with E-state index in [0.29, 0.717) is 22.4 Å². The Bertz CT molecular complexity index is 1350. The summed E-state index contributed by atoms with van der Waals surface area (Å²) >= 11 is 7.38. The van der Waals surface area contributed by atoms with Crippen molar-refractivity contribution in [2.75, 3.05) is 5.75 Å². The second-order valence-corrected chi connectivity index (χ2v) is 9.37. The smallest absolute Gasteiger partial charge is 0.253 e. The van der Waals surface area contributed by atoms with Gasteiger partial charge in [-0.3, -0.25) is 4.79 Å². The lowest BCUT2D eigenvalue weighted by Crippen LogP contribution is -2.28. The molecule has 3 heterocycles. The summed E-state index contributed by atoms with van der Waals surface area (Å²) in [6, 6.07) is 18.9. The van der Waals surface area contributed by atoms with Crippen LogP contribution in [0.3, 0.4) is 0 Å². The fourth-order valence-corrected chi connectivity index (χ4v) is 4.84. The van der Waals surface area contributed by atoms with Gasteiger partial charge in [0.1, 0.15) is 11.8 Å². The number of benzene rings is 2. The Hall–Kier alpha value is -3.36. The van der Waals surface area contributed by atoms with Crippen LogP contribution in [0.15, 0.2) is 81.6 Å². The molecule has 0 aliphatic carbocycles. The van der Waals surface area contributed by atoms with Gasteiger partial charge in [0.2, 0.25) is 0 Å². The highest BCUT2D eigenvalue weighted by atomic mass is 35.5. The number of hydrazone groups is 1. The van der Waals surface area contributed by atoms with Crippen LogP contribution in [0.2, 0.25) is 5.02 Å². The number of hydrogen-bond donors (Lipinski definition) is 0. The van der Waals surface area contributed by atoms with E-state index in [1.165, 1.54) is 16.8 Å². The summed E-state index contributed by atoms with van der Waals surface area (Å²) < 4.78 is 7.54. The molecule has 172 valence electrons. The van der Waals surface area contributed by atoms with Crippen molar-refractivity contribution in [2.45, 2.75) is 24.5 Å². The van der Waals surface area contributed by atoms with Gasteiger partial charge in [-0.15, -0.1) is 10.2 Å². The average molecular weight is 492 g/mol. The summed E-state index contributed by atoms with van der Waals surface area (Å²) in [7, 11) is 1.91. The molecule has 2 aromatic heterocycles. The summed E-state index contributed by atoms with van der Waals surface area (Å²) in [6.45, 7) is 2.04. The van der Waals surface area contributed by atoms with Crippen molar-refractivity contribution < 1.29 is 9.21 Å². The molecule has 0 saturated carbocycles. The number of halogens is 1. The number of carbonyl (C=O) groups excluding carboxylic acids is 1. The van der Waals surface area contributed by atoms with Crippen molar-refractivity contribution in [2.24, 2.45) is 12.1 Å². The first-order valence-corrected chi connectivity index (χ1v) is 12.1. The van der Waals surface area contributed by atoms with Crippen molar-refractivity contribution in [3.05, 3.63) is 88.8 Å². The number of furan rings is 1. The third kappa shape index (κ3) is 4.38. The number of aromatic nitrogens is 3. The Balaban J connectivity index is 1.35. The largest absolute Gasteiger partial charge is 0.467 e. The Morgan fingerprint density at radius 3 is 2.65 bits per heavy atom. The minimum atomic E-state index is -0.296. The summed E-state index contributed by atoms with van der Waals surface area (Å²) in [6.07, 6.45) is 2.17. The molecule has 0 fully saturated rings. The molecule has 34 heavy (non-hydrogen) atoms. The topological polar surface area (TPSA) is 76.5 Å². The van der Waals surface area contributed by atoms with E-state index in [1.807, 2.05) is 79.2 Å². The molecule has 0 spiro atoms. The molecule has 0 saturated heterocycles. The summed E-state index contributed by atoms with van der Waals surface area (Å²) in [5, 5.41) is 16.2. The molecule has 7 nitrogen and oxygen atoms in total. The first-order chi connectivity index (χ1) is 16.5. The highest BCUT2D eigenvalue weighted by molar-refractivity contribution is 7.99. The molecule has 1 aliphatic rings. The van der Waals surface area contributed by atoms with Gasteiger partial charge in [-0.2, -0.15) is 5.10 Å². The fraction of sp³-hybridized carbons (Fsp3) is 0.200. The van der Waals surface area contributed by atoms with Crippen LogP contribution < -0.4 is 0 Å². The summed E-state index contributed by atoms with van der Waals surface area (Å²) in [5.41, 5.74) is 3.88. The Morgan fingerprint density at radius 1 is 1.12 bits per heavy atom. The van der Waals surface area contributed by atoms with Crippen molar-refractivity contribution in [1.82, 2.24) is 19.8 Å². The maximum absolute atomic E-state index is 13.3. The van der Waals surface area contributed by atoms with Crippen molar-refractivity contribution >= 4 is 35.0 Å². The van der Waals surface area contributed by atoms with Crippen molar-refractivity contribution in [3.63, 3.8) is 0 Å². The molecule has 2 aromatic carbocycles. The lowest BCUT2D eigenvalue weighted by Gasteiger charge is -2.19. The van der Waals surface area contributed by atoms with Crippen LogP contribution in [0.5, 0.6) is 0 Å². The Morgan fingerprint density at radius 2 is 1.91 bits per heavy atom.